The van der Waals surface area contributed by atoms with Crippen molar-refractivity contribution in [3.05, 3.63) is 34.9 Å². The van der Waals surface area contributed by atoms with Crippen molar-refractivity contribution in [2.45, 2.75) is 44.7 Å². The number of carbonyl (C=O) groups is 3. The van der Waals surface area contributed by atoms with Gasteiger partial charge >= 0.3 is 0 Å². The van der Waals surface area contributed by atoms with E-state index in [2.05, 4.69) is 0 Å². The molecule has 3 heterocycles. The Morgan fingerprint density at radius 1 is 1.07 bits per heavy atom. The Balaban J connectivity index is 1.38. The molecule has 4 rings (SSSR count). The number of likely N-dealkylation sites (tertiary alicyclic amines) is 1. The number of nitrogens with zero attached hydrogens (tertiary/aromatic N) is 3. The lowest BCUT2D eigenvalue weighted by Crippen LogP contribution is -2.61. The van der Waals surface area contributed by atoms with E-state index in [1.807, 2.05) is 11.8 Å². The third-order valence-electron chi connectivity index (χ3n) is 6.41. The Morgan fingerprint density at radius 3 is 2.50 bits per heavy atom. The lowest BCUT2D eigenvalue weighted by atomic mass is 9.93. The molecule has 2 atom stereocenters. The molecule has 1 aromatic carbocycles. The Bertz CT molecular complexity index is 791. The molecule has 6 nitrogen and oxygen atoms in total. The first-order valence-corrected chi connectivity index (χ1v) is 10.5. The zero-order chi connectivity index (χ0) is 19.8. The van der Waals surface area contributed by atoms with Crippen molar-refractivity contribution < 1.29 is 14.4 Å². The van der Waals surface area contributed by atoms with E-state index >= 15 is 0 Å². The largest absolute Gasteiger partial charge is 0.339 e. The molecule has 3 fully saturated rings. The molecule has 1 aromatic rings. The number of fused-ring (bicyclic) bond motifs is 1. The summed E-state index contributed by atoms with van der Waals surface area (Å²) >= 11 is 6.15. The van der Waals surface area contributed by atoms with Gasteiger partial charge in [0, 0.05) is 38.1 Å². The first kappa shape index (κ1) is 19.2. The Kier molecular flexibility index (Phi) is 5.32. The molecule has 0 aliphatic carbocycles. The van der Waals surface area contributed by atoms with Gasteiger partial charge in [0.25, 0.3) is 5.91 Å². The summed E-state index contributed by atoms with van der Waals surface area (Å²) in [4.78, 5) is 43.9. The minimum absolute atomic E-state index is 0.0669. The summed E-state index contributed by atoms with van der Waals surface area (Å²) in [5.41, 5.74) is 0.505. The maximum Gasteiger partial charge on any atom is 0.255 e. The zero-order valence-electron chi connectivity index (χ0n) is 16.1. The van der Waals surface area contributed by atoms with Crippen LogP contribution in [0.1, 0.15) is 43.0 Å². The van der Waals surface area contributed by atoms with Gasteiger partial charge in [-0.15, -0.1) is 0 Å². The summed E-state index contributed by atoms with van der Waals surface area (Å²) in [5, 5.41) is 0.451. The molecule has 0 aromatic heterocycles. The number of halogens is 1. The molecule has 0 radical (unpaired) electrons. The van der Waals surface area contributed by atoms with Crippen LogP contribution in [0.4, 0.5) is 0 Å². The van der Waals surface area contributed by atoms with Gasteiger partial charge in [0.15, 0.2) is 0 Å². The van der Waals surface area contributed by atoms with Crippen LogP contribution in [-0.4, -0.2) is 70.7 Å². The highest BCUT2D eigenvalue weighted by molar-refractivity contribution is 6.33. The highest BCUT2D eigenvalue weighted by Crippen LogP contribution is 2.29. The van der Waals surface area contributed by atoms with Gasteiger partial charge in [-0.3, -0.25) is 14.4 Å². The quantitative estimate of drug-likeness (QED) is 0.761. The van der Waals surface area contributed by atoms with Gasteiger partial charge in [0.05, 0.1) is 10.6 Å². The van der Waals surface area contributed by atoms with E-state index in [-0.39, 0.29) is 35.7 Å². The van der Waals surface area contributed by atoms with Crippen molar-refractivity contribution in [2.75, 3.05) is 26.2 Å². The predicted molar refractivity (Wildman–Crippen MR) is 106 cm³/mol. The average Bonchev–Trinajstić information content (AvgIpc) is 3.19. The number of hydrogen-bond acceptors (Lipinski definition) is 3. The highest BCUT2D eigenvalue weighted by atomic mass is 35.5. The number of amides is 3. The molecular weight excluding hydrogens is 378 g/mol. The summed E-state index contributed by atoms with van der Waals surface area (Å²) in [5.74, 6) is -0.0659. The van der Waals surface area contributed by atoms with Crippen molar-refractivity contribution in [3.8, 4) is 0 Å². The van der Waals surface area contributed by atoms with Crippen molar-refractivity contribution in [2.24, 2.45) is 5.92 Å². The van der Waals surface area contributed by atoms with Crippen molar-refractivity contribution >= 4 is 29.3 Å². The van der Waals surface area contributed by atoms with Crippen LogP contribution in [0.3, 0.4) is 0 Å². The first-order valence-electron chi connectivity index (χ1n) is 10.1. The molecule has 0 unspecified atom stereocenters. The summed E-state index contributed by atoms with van der Waals surface area (Å²) in [6.07, 6.45) is 3.25. The molecule has 0 saturated carbocycles. The van der Waals surface area contributed by atoms with Gasteiger partial charge < -0.3 is 14.7 Å². The maximum atomic E-state index is 13.1. The fourth-order valence-corrected chi connectivity index (χ4v) is 4.94. The first-order chi connectivity index (χ1) is 13.5. The lowest BCUT2D eigenvalue weighted by Gasteiger charge is -2.43. The van der Waals surface area contributed by atoms with Crippen molar-refractivity contribution in [1.29, 1.82) is 0 Å². The smallest absolute Gasteiger partial charge is 0.255 e. The van der Waals surface area contributed by atoms with E-state index in [1.165, 1.54) is 0 Å². The molecule has 28 heavy (non-hydrogen) atoms. The summed E-state index contributed by atoms with van der Waals surface area (Å²) in [6, 6.07) is 6.84. The molecule has 3 aliphatic heterocycles. The fraction of sp³-hybridized carbons (Fsp3) is 0.571. The van der Waals surface area contributed by atoms with E-state index in [0.717, 1.165) is 19.4 Å². The van der Waals surface area contributed by atoms with Crippen LogP contribution in [-0.2, 0) is 9.59 Å². The molecule has 0 N–H and O–H groups in total. The average molecular weight is 404 g/mol. The highest BCUT2D eigenvalue weighted by Gasteiger charge is 2.43. The van der Waals surface area contributed by atoms with E-state index in [1.54, 1.807) is 34.1 Å². The fourth-order valence-electron chi connectivity index (χ4n) is 4.72. The summed E-state index contributed by atoms with van der Waals surface area (Å²) in [6.45, 7) is 4.37. The van der Waals surface area contributed by atoms with Crippen LogP contribution in [0.2, 0.25) is 5.02 Å². The molecule has 3 aliphatic rings. The molecule has 7 heteroatoms. The van der Waals surface area contributed by atoms with Gasteiger partial charge in [-0.2, -0.15) is 0 Å². The Hall–Kier alpha value is -2.08. The molecular formula is C21H26ClN3O3. The second kappa shape index (κ2) is 7.74. The minimum Gasteiger partial charge on any atom is -0.339 e. The molecule has 3 saturated heterocycles. The van der Waals surface area contributed by atoms with E-state index in [9.17, 15) is 14.4 Å². The summed E-state index contributed by atoms with van der Waals surface area (Å²) in [7, 11) is 0. The lowest BCUT2D eigenvalue weighted by molar-refractivity contribution is -0.155. The second-order valence-electron chi connectivity index (χ2n) is 8.04. The maximum absolute atomic E-state index is 13.1. The normalized spacial score (nSPS) is 25.8. The van der Waals surface area contributed by atoms with Crippen LogP contribution in [0.15, 0.2) is 24.3 Å². The summed E-state index contributed by atoms with van der Waals surface area (Å²) < 4.78 is 0. The molecule has 3 amide bonds. The van der Waals surface area contributed by atoms with E-state index in [4.69, 9.17) is 11.6 Å². The van der Waals surface area contributed by atoms with Gasteiger partial charge in [0.1, 0.15) is 6.04 Å². The molecule has 0 spiro atoms. The Morgan fingerprint density at radius 2 is 1.79 bits per heavy atom. The SMILES string of the molecule is C[C@H]1C(=O)N2CCC[C@@H]2CN1C(=O)C1CCN(C(=O)c2ccccc2Cl)CC1. The predicted octanol–water partition coefficient (Wildman–Crippen LogP) is 2.41. The van der Waals surface area contributed by atoms with Crippen LogP contribution < -0.4 is 0 Å². The van der Waals surface area contributed by atoms with Crippen LogP contribution in [0, 0.1) is 5.92 Å². The molecule has 0 bridgehead atoms. The standard InChI is InChI=1S/C21H26ClN3O3/c1-14-19(26)24-10-4-5-16(24)13-25(14)20(27)15-8-11-23(12-9-15)21(28)17-6-2-3-7-18(17)22/h2-3,6-7,14-16H,4-5,8-13H2,1H3/t14-,16+/m0/s1. The number of piperidine rings is 1. The topological polar surface area (TPSA) is 60.9 Å². The van der Waals surface area contributed by atoms with Crippen LogP contribution in [0.25, 0.3) is 0 Å². The monoisotopic (exact) mass is 403 g/mol. The number of hydrogen-bond donors (Lipinski definition) is 0. The van der Waals surface area contributed by atoms with Crippen molar-refractivity contribution in [3.63, 3.8) is 0 Å². The third-order valence-corrected chi connectivity index (χ3v) is 6.74. The van der Waals surface area contributed by atoms with Crippen molar-refractivity contribution in [1.82, 2.24) is 14.7 Å². The van der Waals surface area contributed by atoms with Crippen LogP contribution >= 0.6 is 11.6 Å². The van der Waals surface area contributed by atoms with Gasteiger partial charge in [0.2, 0.25) is 11.8 Å². The minimum atomic E-state index is -0.385. The van der Waals surface area contributed by atoms with Gasteiger partial charge in [-0.05, 0) is 44.7 Å². The Labute approximate surface area is 170 Å². The number of rotatable bonds is 2. The third kappa shape index (κ3) is 3.39. The molecule has 150 valence electrons. The number of carbonyl (C=O) groups excluding carboxylic acids is 3. The second-order valence-corrected chi connectivity index (χ2v) is 8.45. The number of piperazine rings is 1. The van der Waals surface area contributed by atoms with E-state index < -0.39 is 0 Å². The van der Waals surface area contributed by atoms with E-state index in [0.29, 0.717) is 43.1 Å². The zero-order valence-corrected chi connectivity index (χ0v) is 16.9. The number of benzene rings is 1. The van der Waals surface area contributed by atoms with Gasteiger partial charge in [-0.25, -0.2) is 0 Å². The van der Waals surface area contributed by atoms with Crippen LogP contribution in [0.5, 0.6) is 0 Å². The van der Waals surface area contributed by atoms with Gasteiger partial charge in [-0.1, -0.05) is 23.7 Å².